The molecule has 7 heteroatoms. The second-order valence-corrected chi connectivity index (χ2v) is 3.68. The van der Waals surface area contributed by atoms with E-state index in [0.717, 1.165) is 0 Å². The molecule has 1 heterocycles. The fourth-order valence-corrected chi connectivity index (χ4v) is 1.57. The second kappa shape index (κ2) is 4.04. The van der Waals surface area contributed by atoms with Crippen LogP contribution in [0.1, 0.15) is 11.7 Å². The minimum Gasteiger partial charge on any atom is -0.385 e. The molecule has 0 radical (unpaired) electrons. The highest BCUT2D eigenvalue weighted by Crippen LogP contribution is 2.19. The van der Waals surface area contributed by atoms with E-state index < -0.39 is 18.1 Å². The Kier molecular flexibility index (Phi) is 2.70. The number of carbonyl (C=O) groups excluding carboxylic acids is 1. The Hall–Kier alpha value is -2.12. The number of imidazole rings is 1. The molecule has 0 fully saturated rings. The van der Waals surface area contributed by atoms with Crippen molar-refractivity contribution in [3.8, 4) is 0 Å². The van der Waals surface area contributed by atoms with Crippen LogP contribution < -0.4 is 11.4 Å². The number of amides is 1. The zero-order valence-electron chi connectivity index (χ0n) is 8.68. The number of hydrogen-bond acceptors (Lipinski definition) is 4. The Labute approximate surface area is 94.9 Å². The molecule has 6 N–H and O–H groups in total. The number of benzene rings is 1. The van der Waals surface area contributed by atoms with E-state index in [9.17, 15) is 19.8 Å². The lowest BCUT2D eigenvalue weighted by Gasteiger charge is -2.14. The van der Waals surface area contributed by atoms with Crippen molar-refractivity contribution in [1.29, 1.82) is 0 Å². The topological polar surface area (TPSA) is 132 Å². The Morgan fingerprint density at radius 1 is 1.24 bits per heavy atom. The normalized spacial score (nSPS) is 14.7. The van der Waals surface area contributed by atoms with Gasteiger partial charge in [-0.3, -0.25) is 4.79 Å². The number of nitrogens with one attached hydrogen (secondary N) is 2. The van der Waals surface area contributed by atoms with Gasteiger partial charge < -0.3 is 25.9 Å². The summed E-state index contributed by atoms with van der Waals surface area (Å²) in [4.78, 5) is 26.8. The molecule has 2 aromatic rings. The number of hydrogen-bond donors (Lipinski definition) is 5. The first-order chi connectivity index (χ1) is 7.99. The highest BCUT2D eigenvalue weighted by Gasteiger charge is 2.23. The lowest BCUT2D eigenvalue weighted by molar-refractivity contribution is -0.131. The number of aromatic amines is 2. The molecule has 1 aromatic heterocycles. The molecule has 7 nitrogen and oxygen atoms in total. The summed E-state index contributed by atoms with van der Waals surface area (Å²) in [6.07, 6.45) is -3.10. The number of fused-ring (bicyclic) bond motifs is 1. The summed E-state index contributed by atoms with van der Waals surface area (Å²) in [5, 5.41) is 19.0. The van der Waals surface area contributed by atoms with Crippen LogP contribution in [-0.2, 0) is 4.79 Å². The van der Waals surface area contributed by atoms with Crippen molar-refractivity contribution in [2.24, 2.45) is 5.73 Å². The Bertz CT molecular complexity index is 615. The van der Waals surface area contributed by atoms with Gasteiger partial charge in [0.05, 0.1) is 11.0 Å². The van der Waals surface area contributed by atoms with Crippen molar-refractivity contribution in [3.05, 3.63) is 34.2 Å². The number of nitrogens with two attached hydrogens (primary N) is 1. The summed E-state index contributed by atoms with van der Waals surface area (Å²) in [6.45, 7) is 0. The molecule has 17 heavy (non-hydrogen) atoms. The minimum atomic E-state index is -1.68. The van der Waals surface area contributed by atoms with Crippen LogP contribution in [0.15, 0.2) is 23.0 Å². The van der Waals surface area contributed by atoms with E-state index in [1.807, 2.05) is 0 Å². The quantitative estimate of drug-likeness (QED) is 0.455. The molecule has 2 atom stereocenters. The largest absolute Gasteiger partial charge is 0.385 e. The number of aromatic nitrogens is 2. The van der Waals surface area contributed by atoms with Crippen molar-refractivity contribution < 1.29 is 15.0 Å². The van der Waals surface area contributed by atoms with E-state index >= 15 is 0 Å². The molecule has 2 rings (SSSR count). The van der Waals surface area contributed by atoms with E-state index in [2.05, 4.69) is 9.97 Å². The van der Waals surface area contributed by atoms with E-state index in [-0.39, 0.29) is 5.69 Å². The zero-order valence-corrected chi connectivity index (χ0v) is 8.68. The van der Waals surface area contributed by atoms with Crippen molar-refractivity contribution >= 4 is 16.9 Å². The smallest absolute Gasteiger partial charge is 0.323 e. The third-order valence-electron chi connectivity index (χ3n) is 2.47. The summed E-state index contributed by atoms with van der Waals surface area (Å²) in [6, 6.07) is 4.51. The van der Waals surface area contributed by atoms with Gasteiger partial charge in [-0.15, -0.1) is 0 Å². The van der Waals surface area contributed by atoms with Crippen LogP contribution in [0.5, 0.6) is 0 Å². The van der Waals surface area contributed by atoms with Gasteiger partial charge in [-0.1, -0.05) is 6.07 Å². The molecule has 90 valence electrons. The van der Waals surface area contributed by atoms with Gasteiger partial charge in [-0.25, -0.2) is 4.79 Å². The van der Waals surface area contributed by atoms with Crippen LogP contribution in [0.3, 0.4) is 0 Å². The van der Waals surface area contributed by atoms with Crippen LogP contribution in [0.4, 0.5) is 0 Å². The first-order valence-electron chi connectivity index (χ1n) is 4.86. The molecular weight excluding hydrogens is 226 g/mol. The monoisotopic (exact) mass is 237 g/mol. The third kappa shape index (κ3) is 2.05. The van der Waals surface area contributed by atoms with Crippen LogP contribution in [0, 0.1) is 0 Å². The SMILES string of the molecule is NC(=O)C(O)C(O)c1ccc2[nH]c(=O)[nH]c2c1. The number of aliphatic hydroxyl groups is 2. The second-order valence-electron chi connectivity index (χ2n) is 3.68. The minimum absolute atomic E-state index is 0.291. The van der Waals surface area contributed by atoms with Gasteiger partial charge in [-0.2, -0.15) is 0 Å². The molecule has 1 amide bonds. The molecule has 0 spiro atoms. The fraction of sp³-hybridized carbons (Fsp3) is 0.200. The molecule has 1 aromatic carbocycles. The summed E-state index contributed by atoms with van der Waals surface area (Å²) in [7, 11) is 0. The van der Waals surface area contributed by atoms with Crippen molar-refractivity contribution in [3.63, 3.8) is 0 Å². The zero-order chi connectivity index (χ0) is 12.6. The molecule has 0 bridgehead atoms. The first kappa shape index (κ1) is 11.4. The highest BCUT2D eigenvalue weighted by atomic mass is 16.3. The maximum Gasteiger partial charge on any atom is 0.323 e. The average molecular weight is 237 g/mol. The van der Waals surface area contributed by atoms with Gasteiger partial charge in [-0.05, 0) is 17.7 Å². The average Bonchev–Trinajstić information content (AvgIpc) is 2.65. The van der Waals surface area contributed by atoms with Gasteiger partial charge in [0.25, 0.3) is 0 Å². The number of primary amides is 1. The first-order valence-corrected chi connectivity index (χ1v) is 4.86. The van der Waals surface area contributed by atoms with E-state index in [4.69, 9.17) is 5.73 Å². The lowest BCUT2D eigenvalue weighted by atomic mass is 10.0. The van der Waals surface area contributed by atoms with Crippen LogP contribution in [0.25, 0.3) is 11.0 Å². The molecule has 2 unspecified atom stereocenters. The van der Waals surface area contributed by atoms with Crippen molar-refractivity contribution in [2.75, 3.05) is 0 Å². The summed E-state index contributed by atoms with van der Waals surface area (Å²) < 4.78 is 0. The van der Waals surface area contributed by atoms with Gasteiger partial charge in [0.15, 0.2) is 6.10 Å². The molecule has 0 aliphatic rings. The predicted molar refractivity (Wildman–Crippen MR) is 59.1 cm³/mol. The van der Waals surface area contributed by atoms with E-state index in [0.29, 0.717) is 16.6 Å². The van der Waals surface area contributed by atoms with Gasteiger partial charge in [0.1, 0.15) is 6.10 Å². The maximum absolute atomic E-state index is 11.0. The third-order valence-corrected chi connectivity index (χ3v) is 2.47. The number of aliphatic hydroxyl groups excluding tert-OH is 2. The van der Waals surface area contributed by atoms with Crippen molar-refractivity contribution in [1.82, 2.24) is 9.97 Å². The van der Waals surface area contributed by atoms with Gasteiger partial charge in [0.2, 0.25) is 5.91 Å². The van der Waals surface area contributed by atoms with Crippen LogP contribution in [0.2, 0.25) is 0 Å². The van der Waals surface area contributed by atoms with E-state index in [1.54, 1.807) is 6.07 Å². The standard InChI is InChI=1S/C10H11N3O4/c11-9(16)8(15)7(14)4-1-2-5-6(3-4)13-10(17)12-5/h1-3,7-8,14-15H,(H2,11,16)(H2,12,13,17). The Balaban J connectivity index is 2.42. The van der Waals surface area contributed by atoms with Gasteiger partial charge >= 0.3 is 5.69 Å². The lowest BCUT2D eigenvalue weighted by Crippen LogP contribution is -2.33. The highest BCUT2D eigenvalue weighted by molar-refractivity contribution is 5.80. The molecule has 0 saturated carbocycles. The number of H-pyrrole nitrogens is 2. The Morgan fingerprint density at radius 3 is 2.53 bits per heavy atom. The van der Waals surface area contributed by atoms with Crippen LogP contribution in [-0.4, -0.2) is 32.2 Å². The summed E-state index contributed by atoms with van der Waals surface area (Å²) in [5.74, 6) is -1.01. The number of carbonyl (C=O) groups is 1. The van der Waals surface area contributed by atoms with Gasteiger partial charge in [0, 0.05) is 0 Å². The summed E-state index contributed by atoms with van der Waals surface area (Å²) in [5.41, 5.74) is 5.84. The van der Waals surface area contributed by atoms with E-state index in [1.165, 1.54) is 12.1 Å². The predicted octanol–water partition coefficient (Wildman–Crippen LogP) is -1.26. The molecule has 0 saturated heterocycles. The number of rotatable bonds is 3. The Morgan fingerprint density at radius 2 is 1.88 bits per heavy atom. The maximum atomic E-state index is 11.0. The van der Waals surface area contributed by atoms with Crippen molar-refractivity contribution in [2.45, 2.75) is 12.2 Å². The fourth-order valence-electron chi connectivity index (χ4n) is 1.57. The summed E-state index contributed by atoms with van der Waals surface area (Å²) >= 11 is 0. The molecule has 0 aliphatic heterocycles. The molecular formula is C10H11N3O4. The molecule has 0 aliphatic carbocycles. The van der Waals surface area contributed by atoms with Crippen LogP contribution >= 0.6 is 0 Å².